The van der Waals surface area contributed by atoms with E-state index < -0.39 is 0 Å². The zero-order valence-electron chi connectivity index (χ0n) is 25.0. The van der Waals surface area contributed by atoms with Gasteiger partial charge in [0.25, 0.3) is 0 Å². The van der Waals surface area contributed by atoms with Crippen LogP contribution in [0.25, 0.3) is 0 Å². The molecule has 0 bridgehead atoms. The summed E-state index contributed by atoms with van der Waals surface area (Å²) in [6.45, 7) is 4.00. The lowest BCUT2D eigenvalue weighted by Gasteiger charge is -2.34. The molecule has 4 heteroatoms. The van der Waals surface area contributed by atoms with E-state index >= 15 is 0 Å². The Bertz CT molecular complexity index is 1610. The Labute approximate surface area is 260 Å². The monoisotopic (exact) mass is 570 g/mol. The van der Waals surface area contributed by atoms with Crippen LogP contribution in [0.3, 0.4) is 0 Å². The van der Waals surface area contributed by atoms with Crippen LogP contribution in [0.4, 0.5) is 45.5 Å². The molecule has 0 unspecified atom stereocenters. The van der Waals surface area contributed by atoms with Crippen molar-refractivity contribution in [3.63, 3.8) is 0 Å². The molecule has 0 fully saturated rings. The Balaban J connectivity index is 0.00000153. The van der Waals surface area contributed by atoms with Gasteiger partial charge in [-0.15, -0.1) is 0 Å². The highest BCUT2D eigenvalue weighted by Crippen LogP contribution is 2.56. The van der Waals surface area contributed by atoms with Gasteiger partial charge in [0.05, 0.1) is 22.7 Å². The average Bonchev–Trinajstić information content (AvgIpc) is 3.64. The van der Waals surface area contributed by atoms with Crippen LogP contribution in [0.5, 0.6) is 0 Å². The summed E-state index contributed by atoms with van der Waals surface area (Å²) in [7, 11) is 0. The van der Waals surface area contributed by atoms with Crippen molar-refractivity contribution in [1.82, 2.24) is 0 Å². The molecule has 0 N–H and O–H groups in total. The molecule has 4 nitrogen and oxygen atoms in total. The predicted molar refractivity (Wildman–Crippen MR) is 186 cm³/mol. The topological polar surface area (TPSA) is 13.0 Å². The molecular formula is C40H34N4. The molecule has 2 aliphatic rings. The molecular weight excluding hydrogens is 536 g/mol. The smallest absolute Gasteiger partial charge is 0.166 e. The van der Waals surface area contributed by atoms with Gasteiger partial charge in [-0.2, -0.15) is 0 Å². The summed E-state index contributed by atoms with van der Waals surface area (Å²) in [5, 5.41) is 0. The molecule has 0 aliphatic carbocycles. The third-order valence-electron chi connectivity index (χ3n) is 7.83. The number of para-hydroxylation sites is 8. The normalized spacial score (nSPS) is 13.4. The van der Waals surface area contributed by atoms with Crippen LogP contribution in [0.15, 0.2) is 182 Å². The second-order valence-electron chi connectivity index (χ2n) is 10.3. The first kappa shape index (κ1) is 27.1. The van der Waals surface area contributed by atoms with Crippen molar-refractivity contribution in [2.24, 2.45) is 0 Å². The first-order valence-corrected chi connectivity index (χ1v) is 15.2. The van der Waals surface area contributed by atoms with Gasteiger partial charge in [0, 0.05) is 22.7 Å². The summed E-state index contributed by atoms with van der Waals surface area (Å²) in [4.78, 5) is 9.59. The van der Waals surface area contributed by atoms with Gasteiger partial charge in [0.2, 0.25) is 0 Å². The molecule has 0 saturated carbocycles. The van der Waals surface area contributed by atoms with Gasteiger partial charge in [0.15, 0.2) is 11.6 Å². The number of rotatable bonds is 4. The quantitative estimate of drug-likeness (QED) is 0.209. The van der Waals surface area contributed by atoms with Gasteiger partial charge in [-0.05, 0) is 72.8 Å². The second-order valence-corrected chi connectivity index (χ2v) is 10.3. The molecule has 6 aromatic carbocycles. The van der Waals surface area contributed by atoms with Crippen molar-refractivity contribution in [3.8, 4) is 0 Å². The Hall–Kier alpha value is -5.74. The maximum atomic E-state index is 2.40. The van der Waals surface area contributed by atoms with Crippen molar-refractivity contribution < 1.29 is 0 Å². The zero-order chi connectivity index (χ0) is 29.9. The van der Waals surface area contributed by atoms with Crippen molar-refractivity contribution in [2.45, 2.75) is 13.8 Å². The molecule has 2 aliphatic heterocycles. The third-order valence-corrected chi connectivity index (χ3v) is 7.83. The molecule has 0 radical (unpaired) electrons. The number of anilines is 8. The lowest BCUT2D eigenvalue weighted by Crippen LogP contribution is -2.33. The minimum atomic E-state index is 1.05. The van der Waals surface area contributed by atoms with E-state index in [9.17, 15) is 0 Å². The Morgan fingerprint density at radius 2 is 0.432 bits per heavy atom. The van der Waals surface area contributed by atoms with Gasteiger partial charge in [-0.1, -0.05) is 111 Å². The molecule has 0 saturated heterocycles. The van der Waals surface area contributed by atoms with Crippen LogP contribution < -0.4 is 19.6 Å². The number of hydrogen-bond donors (Lipinski definition) is 0. The number of nitrogens with zero attached hydrogens (tertiary/aromatic N) is 4. The second kappa shape index (κ2) is 11.9. The van der Waals surface area contributed by atoms with Crippen LogP contribution in [0.1, 0.15) is 13.8 Å². The molecule has 8 rings (SSSR count). The Morgan fingerprint density at radius 3 is 0.636 bits per heavy atom. The van der Waals surface area contributed by atoms with Crippen molar-refractivity contribution >= 4 is 45.5 Å². The summed E-state index contributed by atoms with van der Waals surface area (Å²) < 4.78 is 0. The highest BCUT2D eigenvalue weighted by atomic mass is 15.5. The molecule has 214 valence electrons. The lowest BCUT2D eigenvalue weighted by molar-refractivity contribution is 1.01. The largest absolute Gasteiger partial charge is 0.291 e. The number of hydrogen-bond acceptors (Lipinski definition) is 4. The highest BCUT2D eigenvalue weighted by Gasteiger charge is 2.43. The van der Waals surface area contributed by atoms with E-state index in [4.69, 9.17) is 0 Å². The van der Waals surface area contributed by atoms with E-state index in [-0.39, 0.29) is 0 Å². The molecule has 44 heavy (non-hydrogen) atoms. The van der Waals surface area contributed by atoms with E-state index in [0.29, 0.717) is 0 Å². The fraction of sp³-hybridized carbons (Fsp3) is 0.0500. The van der Waals surface area contributed by atoms with Crippen molar-refractivity contribution in [3.05, 3.63) is 182 Å². The van der Waals surface area contributed by atoms with E-state index in [1.54, 1.807) is 0 Å². The van der Waals surface area contributed by atoms with Crippen molar-refractivity contribution in [1.29, 1.82) is 0 Å². The maximum absolute atomic E-state index is 2.40. The van der Waals surface area contributed by atoms with Gasteiger partial charge in [-0.3, -0.25) is 19.6 Å². The summed E-state index contributed by atoms with van der Waals surface area (Å²) in [6, 6.07) is 60.0. The minimum absolute atomic E-state index is 1.05. The summed E-state index contributed by atoms with van der Waals surface area (Å²) in [6.07, 6.45) is 0. The third kappa shape index (κ3) is 4.48. The molecule has 0 atom stereocenters. The molecule has 0 amide bonds. The Morgan fingerprint density at radius 1 is 0.250 bits per heavy atom. The molecule has 2 heterocycles. The van der Waals surface area contributed by atoms with Crippen LogP contribution >= 0.6 is 0 Å². The van der Waals surface area contributed by atoms with Gasteiger partial charge in [-0.25, -0.2) is 0 Å². The van der Waals surface area contributed by atoms with Crippen LogP contribution in [0.2, 0.25) is 0 Å². The van der Waals surface area contributed by atoms with Crippen LogP contribution in [-0.4, -0.2) is 0 Å². The standard InChI is InChI=1S/C38H28N4.C2H6/c1-5-17-29(18-6-1)39-33-25-13-14-26-34(33)40(30-19-7-2-8-20-30)37(39)38-41(31-21-9-3-10-22-31)35-27-15-16-28-36(35)42(38)32-23-11-4-12-24-32;1-2/h1-28H;1-2H3. The lowest BCUT2D eigenvalue weighted by atomic mass is 10.2. The maximum Gasteiger partial charge on any atom is 0.166 e. The fourth-order valence-corrected chi connectivity index (χ4v) is 6.09. The first-order chi connectivity index (χ1) is 21.9. The van der Waals surface area contributed by atoms with Gasteiger partial charge < -0.3 is 0 Å². The first-order valence-electron chi connectivity index (χ1n) is 15.2. The zero-order valence-corrected chi connectivity index (χ0v) is 25.0. The van der Waals surface area contributed by atoms with Crippen LogP contribution in [0, 0.1) is 0 Å². The summed E-state index contributed by atoms with van der Waals surface area (Å²) >= 11 is 0. The summed E-state index contributed by atoms with van der Waals surface area (Å²) in [5.74, 6) is 2.11. The number of fused-ring (bicyclic) bond motifs is 2. The van der Waals surface area contributed by atoms with E-state index in [2.05, 4.69) is 189 Å². The average molecular weight is 571 g/mol. The predicted octanol–water partition coefficient (Wildman–Crippen LogP) is 11.1. The molecule has 6 aromatic rings. The van der Waals surface area contributed by atoms with Gasteiger partial charge >= 0.3 is 0 Å². The van der Waals surface area contributed by atoms with E-state index in [1.807, 2.05) is 13.8 Å². The Kier molecular flexibility index (Phi) is 7.31. The molecule has 0 aromatic heterocycles. The minimum Gasteiger partial charge on any atom is -0.291 e. The van der Waals surface area contributed by atoms with Crippen molar-refractivity contribution in [2.75, 3.05) is 19.6 Å². The highest BCUT2D eigenvalue weighted by molar-refractivity contribution is 5.99. The van der Waals surface area contributed by atoms with E-state index in [0.717, 1.165) is 57.1 Å². The summed E-state index contributed by atoms with van der Waals surface area (Å²) in [5.41, 5.74) is 8.93. The van der Waals surface area contributed by atoms with Gasteiger partial charge in [0.1, 0.15) is 0 Å². The SMILES string of the molecule is CC.c1ccc(N2C(=C3N(c4ccccc4)c4ccccc4N3c3ccccc3)N(c3ccccc3)c3ccccc32)cc1. The van der Waals surface area contributed by atoms with E-state index in [1.165, 1.54) is 0 Å². The molecule has 0 spiro atoms. The van der Waals surface area contributed by atoms with Crippen LogP contribution in [-0.2, 0) is 0 Å². The fourth-order valence-electron chi connectivity index (χ4n) is 6.09. The number of benzene rings is 6.